The molecule has 6 atom stereocenters. The van der Waals surface area contributed by atoms with Crippen molar-refractivity contribution in [2.75, 3.05) is 26.4 Å². The molecule has 1 amide bonds. The molecule has 2 bridgehead atoms. The minimum absolute atomic E-state index is 0.0654. The number of nitrogens with zero attached hydrogens (tertiary/aromatic N) is 1. The lowest BCUT2D eigenvalue weighted by Crippen LogP contribution is -2.69. The van der Waals surface area contributed by atoms with Gasteiger partial charge in [0.15, 0.2) is 11.8 Å². The highest BCUT2D eigenvalue weighted by atomic mass is 16.8. The van der Waals surface area contributed by atoms with E-state index in [1.54, 1.807) is 11.1 Å². The lowest BCUT2D eigenvalue weighted by atomic mass is 9.62. The summed E-state index contributed by atoms with van der Waals surface area (Å²) in [6.45, 7) is 4.53. The topological polar surface area (TPSA) is 136 Å². The highest BCUT2D eigenvalue weighted by Crippen LogP contribution is 2.58. The number of aliphatic hydroxyl groups excluding tert-OH is 2. The number of aliphatic hydroxyl groups is 2. The van der Waals surface area contributed by atoms with Gasteiger partial charge in [0.05, 0.1) is 26.0 Å². The van der Waals surface area contributed by atoms with Crippen LogP contribution in [0.2, 0.25) is 0 Å². The summed E-state index contributed by atoms with van der Waals surface area (Å²) in [6, 6.07) is 6.70. The maximum Gasteiger partial charge on any atom is 0.327 e. The molecule has 3 aliphatic heterocycles. The quantitative estimate of drug-likeness (QED) is 0.136. The second-order valence-electron chi connectivity index (χ2n) is 12.3. The van der Waals surface area contributed by atoms with Crippen molar-refractivity contribution in [1.29, 1.82) is 0 Å². The summed E-state index contributed by atoms with van der Waals surface area (Å²) >= 11 is 0. The summed E-state index contributed by atoms with van der Waals surface area (Å²) < 4.78 is 24.9. The highest BCUT2D eigenvalue weighted by molar-refractivity contribution is 5.93. The van der Waals surface area contributed by atoms with Gasteiger partial charge in [0.2, 0.25) is 5.91 Å². The summed E-state index contributed by atoms with van der Waals surface area (Å²) in [5.41, 5.74) is 0.468. The van der Waals surface area contributed by atoms with Crippen molar-refractivity contribution in [3.63, 3.8) is 0 Å². The van der Waals surface area contributed by atoms with Crippen LogP contribution in [0.25, 0.3) is 6.08 Å². The Morgan fingerprint density at radius 1 is 1.09 bits per heavy atom. The fourth-order valence-electron chi connectivity index (χ4n) is 7.25. The average molecular weight is 617 g/mol. The lowest BCUT2D eigenvalue weighted by Gasteiger charge is -2.48. The molecular formula is C33H48N2O9. The van der Waals surface area contributed by atoms with Gasteiger partial charge in [-0.1, -0.05) is 63.8 Å². The molecule has 11 heteroatoms. The molecule has 0 unspecified atom stereocenters. The van der Waals surface area contributed by atoms with Gasteiger partial charge in [-0.2, -0.15) is 5.06 Å². The van der Waals surface area contributed by atoms with Gasteiger partial charge in [-0.25, -0.2) is 0 Å². The van der Waals surface area contributed by atoms with Crippen molar-refractivity contribution in [3.05, 3.63) is 41.7 Å². The molecule has 0 radical (unpaired) electrons. The molecule has 5 rings (SSSR count). The number of rotatable bonds is 17. The molecule has 44 heavy (non-hydrogen) atoms. The van der Waals surface area contributed by atoms with Gasteiger partial charge < -0.3 is 34.5 Å². The Hall–Kier alpha value is -2.54. The Bertz CT molecular complexity index is 1150. The number of fused-ring (bicyclic) bond motifs is 4. The van der Waals surface area contributed by atoms with Gasteiger partial charge in [-0.15, -0.1) is 0 Å². The zero-order chi connectivity index (χ0) is 31.2. The molecule has 1 aliphatic carbocycles. The Kier molecular flexibility index (Phi) is 11.0. The van der Waals surface area contributed by atoms with Crippen molar-refractivity contribution in [2.24, 2.45) is 5.41 Å². The normalized spacial score (nSPS) is 30.4. The first kappa shape index (κ1) is 32.8. The summed E-state index contributed by atoms with van der Waals surface area (Å²) in [6.07, 6.45) is 8.61. The third-order valence-electron chi connectivity index (χ3n) is 9.25. The first-order valence-corrected chi connectivity index (χ1v) is 16.3. The van der Waals surface area contributed by atoms with E-state index in [4.69, 9.17) is 28.9 Å². The van der Waals surface area contributed by atoms with E-state index in [9.17, 15) is 14.7 Å². The Morgan fingerprint density at radius 2 is 1.84 bits per heavy atom. The number of amides is 1. The summed E-state index contributed by atoms with van der Waals surface area (Å²) in [4.78, 5) is 34.4. The fraction of sp³-hybridized carbons (Fsp3) is 0.697. The maximum absolute atomic E-state index is 14.0. The van der Waals surface area contributed by atoms with Gasteiger partial charge in [0.1, 0.15) is 36.4 Å². The third kappa shape index (κ3) is 6.54. The van der Waals surface area contributed by atoms with Crippen LogP contribution in [0.3, 0.4) is 0 Å². The second kappa shape index (κ2) is 14.7. The molecule has 3 heterocycles. The number of hydrogen-bond acceptors (Lipinski definition) is 10. The van der Waals surface area contributed by atoms with Gasteiger partial charge in [0, 0.05) is 25.8 Å². The maximum atomic E-state index is 14.0. The van der Waals surface area contributed by atoms with Crippen LogP contribution in [-0.2, 0) is 39.9 Å². The molecule has 1 saturated carbocycles. The van der Waals surface area contributed by atoms with E-state index in [0.29, 0.717) is 0 Å². The van der Waals surface area contributed by atoms with Crippen LogP contribution in [0.5, 0.6) is 0 Å². The zero-order valence-electron chi connectivity index (χ0n) is 25.9. The minimum Gasteiger partial charge on any atom is -0.499 e. The van der Waals surface area contributed by atoms with E-state index in [1.165, 1.54) is 6.26 Å². The number of hydrogen-bond donors (Lipinski definition) is 3. The molecule has 3 N–H and O–H groups in total. The first-order chi connectivity index (χ1) is 21.4. The fourth-order valence-corrected chi connectivity index (χ4v) is 7.25. The Morgan fingerprint density at radius 3 is 2.55 bits per heavy atom. The van der Waals surface area contributed by atoms with Crippen LogP contribution >= 0.6 is 0 Å². The van der Waals surface area contributed by atoms with Crippen molar-refractivity contribution < 1.29 is 43.6 Å². The molecule has 0 spiro atoms. The van der Waals surface area contributed by atoms with E-state index in [1.807, 2.05) is 24.3 Å². The number of ether oxygens (including phenoxy) is 4. The molecule has 4 aliphatic rings. The molecule has 1 aromatic carbocycles. The van der Waals surface area contributed by atoms with E-state index in [2.05, 4.69) is 19.2 Å². The van der Waals surface area contributed by atoms with Gasteiger partial charge in [0.25, 0.3) is 0 Å². The van der Waals surface area contributed by atoms with Crippen LogP contribution in [0, 0.1) is 5.41 Å². The minimum atomic E-state index is -1.27. The molecule has 11 nitrogen and oxygen atoms in total. The average Bonchev–Trinajstić information content (AvgIpc) is 3.57. The number of carbonyl (C=O) groups is 2. The SMILES string of the molecule is CCCCCC1(CCCCC)O[C@@H]2[C@H](O1)[C@H]1ON(Cc3cccc(C=COCCO)c3)[C@H]3C(=O)O[C@@H]2C[C@@]13C(=O)NCCO. The monoisotopic (exact) mass is 616 g/mol. The van der Waals surface area contributed by atoms with Gasteiger partial charge >= 0.3 is 5.97 Å². The summed E-state index contributed by atoms with van der Waals surface area (Å²) in [7, 11) is 0. The van der Waals surface area contributed by atoms with Crippen LogP contribution in [-0.4, -0.2) is 89.8 Å². The molecule has 0 aromatic heterocycles. The van der Waals surface area contributed by atoms with E-state index in [0.717, 1.165) is 62.5 Å². The van der Waals surface area contributed by atoms with Crippen LogP contribution in [0.4, 0.5) is 0 Å². The zero-order valence-corrected chi connectivity index (χ0v) is 25.9. The summed E-state index contributed by atoms with van der Waals surface area (Å²) in [5, 5.41) is 22.9. The highest BCUT2D eigenvalue weighted by Gasteiger charge is 2.76. The Balaban J connectivity index is 1.45. The predicted octanol–water partition coefficient (Wildman–Crippen LogP) is 3.22. The predicted molar refractivity (Wildman–Crippen MR) is 161 cm³/mol. The third-order valence-corrected chi connectivity index (χ3v) is 9.25. The summed E-state index contributed by atoms with van der Waals surface area (Å²) in [5.74, 6) is -1.69. The molecule has 244 valence electrons. The van der Waals surface area contributed by atoms with E-state index >= 15 is 0 Å². The smallest absolute Gasteiger partial charge is 0.327 e. The number of unbranched alkanes of at least 4 members (excludes halogenated alkanes) is 4. The van der Waals surface area contributed by atoms with Crippen molar-refractivity contribution >= 4 is 18.0 Å². The number of hydroxylamine groups is 2. The van der Waals surface area contributed by atoms with Gasteiger partial charge in [-0.3, -0.25) is 14.4 Å². The van der Waals surface area contributed by atoms with E-state index < -0.39 is 47.6 Å². The Labute approximate surface area is 259 Å². The van der Waals surface area contributed by atoms with Crippen molar-refractivity contribution in [2.45, 2.75) is 114 Å². The van der Waals surface area contributed by atoms with Crippen molar-refractivity contribution in [3.8, 4) is 0 Å². The molecule has 4 fully saturated rings. The molecular weight excluding hydrogens is 568 g/mol. The van der Waals surface area contributed by atoms with Crippen LogP contribution in [0.1, 0.15) is 82.8 Å². The molecule has 3 saturated heterocycles. The van der Waals surface area contributed by atoms with Crippen LogP contribution in [0.15, 0.2) is 30.5 Å². The van der Waals surface area contributed by atoms with Crippen molar-refractivity contribution in [1.82, 2.24) is 10.4 Å². The number of esters is 1. The van der Waals surface area contributed by atoms with Gasteiger partial charge in [-0.05, 0) is 30.0 Å². The largest absolute Gasteiger partial charge is 0.499 e. The van der Waals surface area contributed by atoms with Crippen LogP contribution < -0.4 is 5.32 Å². The first-order valence-electron chi connectivity index (χ1n) is 16.3. The number of nitrogens with one attached hydrogen (secondary N) is 1. The number of carbonyl (C=O) groups excluding carboxylic acids is 2. The van der Waals surface area contributed by atoms with E-state index in [-0.39, 0.29) is 45.2 Å². The lowest BCUT2D eigenvalue weighted by molar-refractivity contribution is -0.224. The molecule has 1 aromatic rings. The second-order valence-corrected chi connectivity index (χ2v) is 12.3. The standard InChI is InChI=1S/C33H48N2O9/c1-3-5-7-13-32(14-8-6-4-2)42-26-25-21-33(31(39)34-15-16-36)28(30(38)41-25)35(44-29(33)27(26)43-32)22-24-11-9-10-23(20-24)12-18-40-19-17-37/h9-12,18,20,25-29,36-37H,3-8,13-17,19,21-22H2,1-2H3,(H,34,39)/t25-,26+,27+,28+,29-,33+/m1/s1. The number of benzene rings is 1.